The van der Waals surface area contributed by atoms with E-state index in [4.69, 9.17) is 4.74 Å². The van der Waals surface area contributed by atoms with E-state index in [-0.39, 0.29) is 22.7 Å². The van der Waals surface area contributed by atoms with Gasteiger partial charge in [-0.3, -0.25) is 4.79 Å². The summed E-state index contributed by atoms with van der Waals surface area (Å²) >= 11 is 1.11. The van der Waals surface area contributed by atoms with E-state index in [0.717, 1.165) is 17.8 Å². The van der Waals surface area contributed by atoms with Crippen molar-refractivity contribution >= 4 is 23.2 Å². The lowest BCUT2D eigenvalue weighted by atomic mass is 10.2. The predicted octanol–water partition coefficient (Wildman–Crippen LogP) is 1.85. The second-order valence-electron chi connectivity index (χ2n) is 3.54. The molecule has 0 aliphatic carbocycles. The van der Waals surface area contributed by atoms with Crippen molar-refractivity contribution in [2.75, 3.05) is 6.61 Å². The van der Waals surface area contributed by atoms with E-state index >= 15 is 0 Å². The summed E-state index contributed by atoms with van der Waals surface area (Å²) in [7, 11) is 0. The lowest BCUT2D eigenvalue weighted by Gasteiger charge is -2.09. The number of amides is 1. The van der Waals surface area contributed by atoms with Crippen LogP contribution >= 0.6 is 11.3 Å². The minimum Gasteiger partial charge on any atom is -0.461 e. The van der Waals surface area contributed by atoms with Crippen molar-refractivity contribution in [1.29, 1.82) is 0 Å². The van der Waals surface area contributed by atoms with Crippen LogP contribution in [0.3, 0.4) is 0 Å². The standard InChI is InChI=1S/C11H16N2O3S/c1-4-7(3)12-9(14)8-6-17-10(13-8)11(15)16-5-2/h6-7H,4-5H2,1-3H3,(H,12,14). The van der Waals surface area contributed by atoms with Crippen LogP contribution in [-0.2, 0) is 4.74 Å². The molecule has 1 unspecified atom stereocenters. The molecule has 1 rings (SSSR count). The number of thiazole rings is 1. The van der Waals surface area contributed by atoms with Crippen LogP contribution in [0, 0.1) is 0 Å². The molecule has 0 radical (unpaired) electrons. The lowest BCUT2D eigenvalue weighted by Crippen LogP contribution is -2.32. The van der Waals surface area contributed by atoms with Gasteiger partial charge in [0.2, 0.25) is 5.01 Å². The summed E-state index contributed by atoms with van der Waals surface area (Å²) in [6.45, 7) is 5.92. The highest BCUT2D eigenvalue weighted by molar-refractivity contribution is 7.11. The number of carbonyl (C=O) groups excluding carboxylic acids is 2. The van der Waals surface area contributed by atoms with Crippen LogP contribution in [0.25, 0.3) is 0 Å². The van der Waals surface area contributed by atoms with Gasteiger partial charge >= 0.3 is 5.97 Å². The van der Waals surface area contributed by atoms with Crippen LogP contribution in [0.1, 0.15) is 47.5 Å². The van der Waals surface area contributed by atoms with Gasteiger partial charge < -0.3 is 10.1 Å². The fourth-order valence-electron chi connectivity index (χ4n) is 1.06. The first-order valence-electron chi connectivity index (χ1n) is 5.52. The Balaban J connectivity index is 2.67. The molecular formula is C11H16N2O3S. The number of rotatable bonds is 5. The Morgan fingerprint density at radius 2 is 2.24 bits per heavy atom. The smallest absolute Gasteiger partial charge is 0.367 e. The number of hydrogen-bond donors (Lipinski definition) is 1. The van der Waals surface area contributed by atoms with Crippen molar-refractivity contribution in [2.24, 2.45) is 0 Å². The number of carbonyl (C=O) groups is 2. The van der Waals surface area contributed by atoms with Gasteiger partial charge in [-0.15, -0.1) is 11.3 Å². The normalized spacial score (nSPS) is 11.9. The summed E-state index contributed by atoms with van der Waals surface area (Å²) < 4.78 is 4.80. The maximum atomic E-state index is 11.7. The molecule has 1 aromatic heterocycles. The third-order valence-electron chi connectivity index (χ3n) is 2.18. The van der Waals surface area contributed by atoms with Crippen molar-refractivity contribution in [2.45, 2.75) is 33.2 Å². The maximum Gasteiger partial charge on any atom is 0.367 e. The Morgan fingerprint density at radius 1 is 1.53 bits per heavy atom. The third kappa shape index (κ3) is 3.81. The Kier molecular flexibility index (Phi) is 5.09. The zero-order chi connectivity index (χ0) is 12.8. The van der Waals surface area contributed by atoms with Crippen molar-refractivity contribution in [1.82, 2.24) is 10.3 Å². The first-order chi connectivity index (χ1) is 8.08. The molecule has 1 heterocycles. The van der Waals surface area contributed by atoms with E-state index in [1.54, 1.807) is 12.3 Å². The molecule has 0 saturated carbocycles. The molecule has 0 spiro atoms. The average molecular weight is 256 g/mol. The summed E-state index contributed by atoms with van der Waals surface area (Å²) in [5.41, 5.74) is 0.262. The van der Waals surface area contributed by atoms with Gasteiger partial charge in [0, 0.05) is 11.4 Å². The quantitative estimate of drug-likeness (QED) is 0.816. The fourth-order valence-corrected chi connectivity index (χ4v) is 1.75. The molecule has 0 bridgehead atoms. The molecule has 1 amide bonds. The van der Waals surface area contributed by atoms with Crippen LogP contribution in [0.2, 0.25) is 0 Å². The molecule has 0 aromatic carbocycles. The molecule has 0 saturated heterocycles. The van der Waals surface area contributed by atoms with Crippen molar-refractivity contribution in [3.05, 3.63) is 16.1 Å². The molecule has 94 valence electrons. The van der Waals surface area contributed by atoms with Gasteiger partial charge in [0.25, 0.3) is 5.91 Å². The summed E-state index contributed by atoms with van der Waals surface area (Å²) in [5.74, 6) is -0.744. The summed E-state index contributed by atoms with van der Waals surface area (Å²) in [6, 6.07) is 0.0928. The second kappa shape index (κ2) is 6.34. The molecule has 0 fully saturated rings. The van der Waals surface area contributed by atoms with Gasteiger partial charge in [-0.2, -0.15) is 0 Å². The van der Waals surface area contributed by atoms with Gasteiger partial charge in [0.05, 0.1) is 6.61 Å². The molecule has 17 heavy (non-hydrogen) atoms. The number of hydrogen-bond acceptors (Lipinski definition) is 5. The molecule has 1 atom stereocenters. The molecule has 0 aliphatic heterocycles. The molecule has 5 nitrogen and oxygen atoms in total. The number of nitrogens with zero attached hydrogens (tertiary/aromatic N) is 1. The lowest BCUT2D eigenvalue weighted by molar-refractivity contribution is 0.0526. The Morgan fingerprint density at radius 3 is 2.82 bits per heavy atom. The van der Waals surface area contributed by atoms with Crippen molar-refractivity contribution in [3.8, 4) is 0 Å². The van der Waals surface area contributed by atoms with Crippen molar-refractivity contribution < 1.29 is 14.3 Å². The summed E-state index contributed by atoms with van der Waals surface area (Å²) in [5, 5.41) is 4.55. The van der Waals surface area contributed by atoms with Crippen LogP contribution < -0.4 is 5.32 Å². The minimum atomic E-state index is -0.486. The minimum absolute atomic E-state index is 0.0928. The van der Waals surface area contributed by atoms with Crippen LogP contribution in [-0.4, -0.2) is 29.5 Å². The first-order valence-corrected chi connectivity index (χ1v) is 6.39. The number of aromatic nitrogens is 1. The van der Waals surface area contributed by atoms with Crippen LogP contribution in [0.5, 0.6) is 0 Å². The van der Waals surface area contributed by atoms with Crippen molar-refractivity contribution in [3.63, 3.8) is 0 Å². The molecule has 1 N–H and O–H groups in total. The zero-order valence-corrected chi connectivity index (χ0v) is 11.0. The average Bonchev–Trinajstić information content (AvgIpc) is 2.78. The predicted molar refractivity (Wildman–Crippen MR) is 65.3 cm³/mol. The van der Waals surface area contributed by atoms with E-state index in [0.29, 0.717) is 6.61 Å². The summed E-state index contributed by atoms with van der Waals surface area (Å²) in [6.07, 6.45) is 0.848. The Labute approximate surface area is 104 Å². The van der Waals surface area contributed by atoms with Gasteiger partial charge in [0.15, 0.2) is 0 Å². The fraction of sp³-hybridized carbons (Fsp3) is 0.545. The summed E-state index contributed by atoms with van der Waals surface area (Å²) in [4.78, 5) is 27.0. The number of nitrogens with one attached hydrogen (secondary N) is 1. The van der Waals surface area contributed by atoms with E-state index in [1.165, 1.54) is 0 Å². The van der Waals surface area contributed by atoms with E-state index in [1.807, 2.05) is 13.8 Å². The van der Waals surface area contributed by atoms with Crippen LogP contribution in [0.4, 0.5) is 0 Å². The largest absolute Gasteiger partial charge is 0.461 e. The zero-order valence-electron chi connectivity index (χ0n) is 10.1. The highest BCUT2D eigenvalue weighted by Gasteiger charge is 2.16. The second-order valence-corrected chi connectivity index (χ2v) is 4.40. The molecule has 1 aromatic rings. The third-order valence-corrected chi connectivity index (χ3v) is 3.00. The molecular weight excluding hydrogens is 240 g/mol. The van der Waals surface area contributed by atoms with Gasteiger partial charge in [-0.25, -0.2) is 9.78 Å². The van der Waals surface area contributed by atoms with E-state index < -0.39 is 5.97 Å². The highest BCUT2D eigenvalue weighted by atomic mass is 32.1. The van der Waals surface area contributed by atoms with E-state index in [2.05, 4.69) is 10.3 Å². The van der Waals surface area contributed by atoms with Gasteiger partial charge in [0.1, 0.15) is 5.69 Å². The van der Waals surface area contributed by atoms with Gasteiger partial charge in [-0.05, 0) is 20.3 Å². The Hall–Kier alpha value is -1.43. The van der Waals surface area contributed by atoms with E-state index in [9.17, 15) is 9.59 Å². The maximum absolute atomic E-state index is 11.7. The number of ether oxygens (including phenoxy) is 1. The number of esters is 1. The Bertz CT molecular complexity index is 403. The SMILES string of the molecule is CCOC(=O)c1nc(C(=O)NC(C)CC)cs1. The topological polar surface area (TPSA) is 68.3 Å². The molecule has 0 aliphatic rings. The van der Waals surface area contributed by atoms with Gasteiger partial charge in [-0.1, -0.05) is 6.92 Å². The first kappa shape index (κ1) is 13.6. The van der Waals surface area contributed by atoms with Crippen LogP contribution in [0.15, 0.2) is 5.38 Å². The highest BCUT2D eigenvalue weighted by Crippen LogP contribution is 2.11. The monoisotopic (exact) mass is 256 g/mol. The molecule has 6 heteroatoms.